The van der Waals surface area contributed by atoms with Gasteiger partial charge in [-0.2, -0.15) is 4.98 Å². The second-order valence-corrected chi connectivity index (χ2v) is 4.12. The molecule has 1 aromatic rings. The highest BCUT2D eigenvalue weighted by Crippen LogP contribution is 2.14. The Morgan fingerprint density at radius 1 is 1.59 bits per heavy atom. The minimum atomic E-state index is 0.558. The quantitative estimate of drug-likeness (QED) is 0.845. The molecule has 17 heavy (non-hydrogen) atoms. The fourth-order valence-electron chi connectivity index (χ4n) is 1.86. The van der Waals surface area contributed by atoms with E-state index in [0.29, 0.717) is 24.4 Å². The maximum absolute atomic E-state index is 5.43. The van der Waals surface area contributed by atoms with E-state index in [4.69, 9.17) is 9.47 Å². The average Bonchev–Trinajstić information content (AvgIpc) is 2.39. The van der Waals surface area contributed by atoms with E-state index >= 15 is 0 Å². The van der Waals surface area contributed by atoms with Crippen molar-refractivity contribution in [1.29, 1.82) is 0 Å². The van der Waals surface area contributed by atoms with Crippen LogP contribution in [0.25, 0.3) is 0 Å². The SMILES string of the molecule is CCOc1ccnc(NCC2CCCOC2)n1. The molecule has 0 bridgehead atoms. The molecule has 2 rings (SSSR count). The first-order valence-electron chi connectivity index (χ1n) is 6.16. The molecule has 1 unspecified atom stereocenters. The molecule has 1 aromatic heterocycles. The Hall–Kier alpha value is -1.36. The van der Waals surface area contributed by atoms with Gasteiger partial charge in [0.2, 0.25) is 11.8 Å². The molecular formula is C12H19N3O2. The molecule has 2 heterocycles. The molecule has 5 nitrogen and oxygen atoms in total. The van der Waals surface area contributed by atoms with Gasteiger partial charge in [-0.1, -0.05) is 0 Å². The summed E-state index contributed by atoms with van der Waals surface area (Å²) in [6.07, 6.45) is 4.06. The van der Waals surface area contributed by atoms with Crippen molar-refractivity contribution in [1.82, 2.24) is 9.97 Å². The second-order valence-electron chi connectivity index (χ2n) is 4.12. The molecule has 0 saturated carbocycles. The summed E-state index contributed by atoms with van der Waals surface area (Å²) in [5.41, 5.74) is 0. The van der Waals surface area contributed by atoms with Crippen LogP contribution in [-0.4, -0.2) is 36.3 Å². The van der Waals surface area contributed by atoms with Crippen molar-refractivity contribution < 1.29 is 9.47 Å². The van der Waals surface area contributed by atoms with E-state index in [-0.39, 0.29) is 0 Å². The Morgan fingerprint density at radius 3 is 3.29 bits per heavy atom. The van der Waals surface area contributed by atoms with E-state index < -0.39 is 0 Å². The van der Waals surface area contributed by atoms with E-state index in [1.807, 2.05) is 6.92 Å². The molecule has 0 amide bonds. The van der Waals surface area contributed by atoms with Crippen LogP contribution in [0.1, 0.15) is 19.8 Å². The lowest BCUT2D eigenvalue weighted by molar-refractivity contribution is 0.0594. The Balaban J connectivity index is 1.83. The maximum atomic E-state index is 5.43. The molecule has 94 valence electrons. The molecule has 0 spiro atoms. The average molecular weight is 237 g/mol. The van der Waals surface area contributed by atoms with Gasteiger partial charge < -0.3 is 14.8 Å². The number of nitrogens with one attached hydrogen (secondary N) is 1. The number of rotatable bonds is 5. The van der Waals surface area contributed by atoms with E-state index in [1.165, 1.54) is 6.42 Å². The Bertz CT molecular complexity index is 340. The van der Waals surface area contributed by atoms with Crippen molar-refractivity contribution in [2.45, 2.75) is 19.8 Å². The molecule has 1 aliphatic heterocycles. The highest BCUT2D eigenvalue weighted by Gasteiger charge is 2.13. The minimum absolute atomic E-state index is 0.558. The molecule has 1 atom stereocenters. The molecular weight excluding hydrogens is 218 g/mol. The fourth-order valence-corrected chi connectivity index (χ4v) is 1.86. The van der Waals surface area contributed by atoms with Crippen LogP contribution in [0.4, 0.5) is 5.95 Å². The lowest BCUT2D eigenvalue weighted by Gasteiger charge is -2.22. The van der Waals surface area contributed by atoms with Gasteiger partial charge in [-0.05, 0) is 25.7 Å². The third kappa shape index (κ3) is 3.85. The molecule has 0 aromatic carbocycles. The number of hydrogen-bond acceptors (Lipinski definition) is 5. The minimum Gasteiger partial charge on any atom is -0.478 e. The zero-order valence-electron chi connectivity index (χ0n) is 10.2. The van der Waals surface area contributed by atoms with E-state index in [1.54, 1.807) is 12.3 Å². The summed E-state index contributed by atoms with van der Waals surface area (Å²) >= 11 is 0. The van der Waals surface area contributed by atoms with Crippen LogP contribution < -0.4 is 10.1 Å². The van der Waals surface area contributed by atoms with Crippen molar-refractivity contribution in [2.75, 3.05) is 31.7 Å². The third-order valence-corrected chi connectivity index (χ3v) is 2.73. The standard InChI is InChI=1S/C12H19N3O2/c1-2-17-11-5-6-13-12(15-11)14-8-10-4-3-7-16-9-10/h5-6,10H,2-4,7-9H2,1H3,(H,13,14,15). The third-order valence-electron chi connectivity index (χ3n) is 2.73. The highest BCUT2D eigenvalue weighted by molar-refractivity contribution is 5.27. The van der Waals surface area contributed by atoms with Gasteiger partial charge in [0.05, 0.1) is 13.2 Å². The molecule has 1 fully saturated rings. The number of ether oxygens (including phenoxy) is 2. The van der Waals surface area contributed by atoms with Crippen molar-refractivity contribution in [3.8, 4) is 5.88 Å². The van der Waals surface area contributed by atoms with Gasteiger partial charge in [-0.3, -0.25) is 0 Å². The summed E-state index contributed by atoms with van der Waals surface area (Å²) in [5, 5.41) is 3.23. The highest BCUT2D eigenvalue weighted by atomic mass is 16.5. The van der Waals surface area contributed by atoms with Crippen LogP contribution in [0, 0.1) is 5.92 Å². The maximum Gasteiger partial charge on any atom is 0.225 e. The topological polar surface area (TPSA) is 56.3 Å². The van der Waals surface area contributed by atoms with Crippen LogP contribution in [0.2, 0.25) is 0 Å². The largest absolute Gasteiger partial charge is 0.478 e. The zero-order chi connectivity index (χ0) is 11.9. The Morgan fingerprint density at radius 2 is 2.53 bits per heavy atom. The Labute approximate surface area is 102 Å². The predicted molar refractivity (Wildman–Crippen MR) is 65.2 cm³/mol. The fraction of sp³-hybridized carbons (Fsp3) is 0.667. The second kappa shape index (κ2) is 6.39. The van der Waals surface area contributed by atoms with Gasteiger partial charge in [0.25, 0.3) is 0 Å². The van der Waals surface area contributed by atoms with Crippen molar-refractivity contribution in [3.63, 3.8) is 0 Å². The van der Waals surface area contributed by atoms with Gasteiger partial charge in [0, 0.05) is 25.4 Å². The lowest BCUT2D eigenvalue weighted by Crippen LogP contribution is -2.24. The summed E-state index contributed by atoms with van der Waals surface area (Å²) in [7, 11) is 0. The normalized spacial score (nSPS) is 19.9. The monoisotopic (exact) mass is 237 g/mol. The van der Waals surface area contributed by atoms with Crippen LogP contribution in [-0.2, 0) is 4.74 Å². The van der Waals surface area contributed by atoms with E-state index in [2.05, 4.69) is 15.3 Å². The molecule has 1 aliphatic rings. The predicted octanol–water partition coefficient (Wildman–Crippen LogP) is 1.71. The zero-order valence-corrected chi connectivity index (χ0v) is 10.2. The summed E-state index contributed by atoms with van der Waals surface area (Å²) < 4.78 is 10.7. The van der Waals surface area contributed by atoms with Crippen LogP contribution >= 0.6 is 0 Å². The van der Waals surface area contributed by atoms with E-state index in [0.717, 1.165) is 26.2 Å². The van der Waals surface area contributed by atoms with Crippen LogP contribution in [0.5, 0.6) is 5.88 Å². The number of nitrogens with zero attached hydrogens (tertiary/aromatic N) is 2. The Kier molecular flexibility index (Phi) is 4.55. The first-order chi connectivity index (χ1) is 8.38. The van der Waals surface area contributed by atoms with Crippen molar-refractivity contribution in [2.24, 2.45) is 5.92 Å². The molecule has 5 heteroatoms. The number of aromatic nitrogens is 2. The smallest absolute Gasteiger partial charge is 0.225 e. The summed E-state index contributed by atoms with van der Waals surface area (Å²) in [6, 6.07) is 1.76. The molecule has 0 radical (unpaired) electrons. The van der Waals surface area contributed by atoms with Gasteiger partial charge in [0.15, 0.2) is 0 Å². The van der Waals surface area contributed by atoms with Gasteiger partial charge in [-0.15, -0.1) is 0 Å². The van der Waals surface area contributed by atoms with Crippen molar-refractivity contribution >= 4 is 5.95 Å². The first kappa shape index (κ1) is 12.1. The molecule has 0 aliphatic carbocycles. The molecule has 1 saturated heterocycles. The van der Waals surface area contributed by atoms with E-state index in [9.17, 15) is 0 Å². The summed E-state index contributed by atoms with van der Waals surface area (Å²) in [4.78, 5) is 8.42. The van der Waals surface area contributed by atoms with Gasteiger partial charge in [-0.25, -0.2) is 4.98 Å². The lowest BCUT2D eigenvalue weighted by atomic mass is 10.0. The summed E-state index contributed by atoms with van der Waals surface area (Å²) in [5.74, 6) is 1.80. The van der Waals surface area contributed by atoms with Gasteiger partial charge >= 0.3 is 0 Å². The first-order valence-corrected chi connectivity index (χ1v) is 6.16. The van der Waals surface area contributed by atoms with Crippen LogP contribution in [0.15, 0.2) is 12.3 Å². The van der Waals surface area contributed by atoms with Crippen molar-refractivity contribution in [3.05, 3.63) is 12.3 Å². The number of anilines is 1. The van der Waals surface area contributed by atoms with Crippen LogP contribution in [0.3, 0.4) is 0 Å². The van der Waals surface area contributed by atoms with Gasteiger partial charge in [0.1, 0.15) is 0 Å². The molecule has 1 N–H and O–H groups in total. The summed E-state index contributed by atoms with van der Waals surface area (Å²) in [6.45, 7) is 5.14. The number of hydrogen-bond donors (Lipinski definition) is 1.